The molecule has 0 aromatic carbocycles. The standard InChI is InChI=1S/C26H30N8O5S2/c1-16(2)33-15-21(26(35)30-18-6-9-40(36,37)10-7-18)20-13-28-24(11-22(20)33)31-23-5-8-27-25(32-23)17-12-29-34(14-17)41(38,39)19-3-4-19/h5,8,11-16,18-19H,3-4,6-7,9-10H2,1-2H3,(H,30,35)(H,27,28,31,32). The summed E-state index contributed by atoms with van der Waals surface area (Å²) in [5.41, 5.74) is 1.75. The zero-order valence-electron chi connectivity index (χ0n) is 22.6. The number of fused-ring (bicyclic) bond motifs is 1. The highest BCUT2D eigenvalue weighted by atomic mass is 32.2. The molecule has 41 heavy (non-hydrogen) atoms. The quantitative estimate of drug-likeness (QED) is 0.307. The van der Waals surface area contributed by atoms with E-state index in [1.165, 1.54) is 12.4 Å². The average molecular weight is 599 g/mol. The minimum Gasteiger partial charge on any atom is -0.349 e. The zero-order chi connectivity index (χ0) is 28.9. The van der Waals surface area contributed by atoms with Crippen molar-refractivity contribution < 1.29 is 21.6 Å². The number of amides is 1. The minimum absolute atomic E-state index is 0.0585. The van der Waals surface area contributed by atoms with Crippen LogP contribution in [0, 0.1) is 0 Å². The van der Waals surface area contributed by atoms with Crippen LogP contribution in [-0.2, 0) is 19.9 Å². The van der Waals surface area contributed by atoms with Gasteiger partial charge in [0.15, 0.2) is 5.82 Å². The number of aromatic nitrogens is 6. The van der Waals surface area contributed by atoms with Crippen LogP contribution in [0.1, 0.15) is 55.9 Å². The molecule has 0 spiro atoms. The molecule has 0 radical (unpaired) electrons. The Morgan fingerprint density at radius 1 is 1.05 bits per heavy atom. The first-order valence-corrected chi connectivity index (χ1v) is 16.7. The van der Waals surface area contributed by atoms with Gasteiger partial charge in [-0.1, -0.05) is 0 Å². The Hall–Kier alpha value is -3.85. The second-order valence-corrected chi connectivity index (χ2v) is 15.1. The molecule has 13 nitrogen and oxygen atoms in total. The van der Waals surface area contributed by atoms with Crippen LogP contribution in [0.2, 0.25) is 0 Å². The first kappa shape index (κ1) is 27.3. The van der Waals surface area contributed by atoms with Crippen LogP contribution >= 0.6 is 0 Å². The largest absolute Gasteiger partial charge is 0.349 e. The molecule has 1 amide bonds. The molecule has 15 heteroatoms. The van der Waals surface area contributed by atoms with Gasteiger partial charge in [-0.15, -0.1) is 0 Å². The number of pyridine rings is 1. The van der Waals surface area contributed by atoms with E-state index < -0.39 is 19.9 Å². The van der Waals surface area contributed by atoms with E-state index in [1.807, 2.05) is 24.5 Å². The van der Waals surface area contributed by atoms with Crippen LogP contribution < -0.4 is 10.6 Å². The molecule has 2 fully saturated rings. The fourth-order valence-electron chi connectivity index (χ4n) is 4.89. The highest BCUT2D eigenvalue weighted by molar-refractivity contribution is 7.91. The number of anilines is 2. The van der Waals surface area contributed by atoms with E-state index in [0.717, 1.165) is 9.60 Å². The van der Waals surface area contributed by atoms with Gasteiger partial charge in [-0.05, 0) is 45.6 Å². The monoisotopic (exact) mass is 598 g/mol. The van der Waals surface area contributed by atoms with Gasteiger partial charge in [-0.25, -0.2) is 31.8 Å². The van der Waals surface area contributed by atoms with Gasteiger partial charge in [0.05, 0.1) is 45.8 Å². The molecular weight excluding hydrogens is 568 g/mol. The normalized spacial score (nSPS) is 17.6. The number of nitrogens with zero attached hydrogens (tertiary/aromatic N) is 6. The Kier molecular flexibility index (Phi) is 6.80. The average Bonchev–Trinajstić information content (AvgIpc) is 3.55. The zero-order valence-corrected chi connectivity index (χ0v) is 24.2. The molecule has 1 saturated heterocycles. The van der Waals surface area contributed by atoms with Gasteiger partial charge in [0.25, 0.3) is 15.9 Å². The predicted octanol–water partition coefficient (Wildman–Crippen LogP) is 2.66. The number of nitrogens with one attached hydrogen (secondary N) is 2. The van der Waals surface area contributed by atoms with Gasteiger partial charge in [-0.2, -0.15) is 9.19 Å². The van der Waals surface area contributed by atoms with Crippen LogP contribution in [0.4, 0.5) is 11.6 Å². The number of rotatable bonds is 8. The first-order valence-electron chi connectivity index (χ1n) is 13.4. The topological polar surface area (TPSA) is 171 Å². The maximum Gasteiger partial charge on any atom is 0.256 e. The molecule has 216 valence electrons. The van der Waals surface area contributed by atoms with Crippen molar-refractivity contribution in [1.82, 2.24) is 34.0 Å². The second kappa shape index (κ2) is 10.2. The van der Waals surface area contributed by atoms with Gasteiger partial charge in [0.2, 0.25) is 0 Å². The van der Waals surface area contributed by atoms with Crippen molar-refractivity contribution in [2.75, 3.05) is 16.8 Å². The summed E-state index contributed by atoms with van der Waals surface area (Å²) in [5, 5.41) is 10.5. The van der Waals surface area contributed by atoms with Gasteiger partial charge < -0.3 is 15.2 Å². The fraction of sp³-hybridized carbons (Fsp3) is 0.423. The third kappa shape index (κ3) is 5.55. The maximum absolute atomic E-state index is 13.2. The molecule has 0 atom stereocenters. The lowest BCUT2D eigenvalue weighted by Crippen LogP contribution is -2.40. The SMILES string of the molecule is CC(C)n1cc(C(=O)NC2CCS(=O)(=O)CC2)c2cnc(Nc3ccnc(-c4cnn(S(=O)(=O)C5CC5)c4)n3)cc21. The summed E-state index contributed by atoms with van der Waals surface area (Å²) in [6.07, 6.45) is 9.93. The maximum atomic E-state index is 13.2. The molecule has 1 saturated carbocycles. The number of carbonyl (C=O) groups is 1. The number of sulfone groups is 1. The highest BCUT2D eigenvalue weighted by Crippen LogP contribution is 2.31. The van der Waals surface area contributed by atoms with Crippen molar-refractivity contribution in [2.45, 2.75) is 56.9 Å². The smallest absolute Gasteiger partial charge is 0.256 e. The van der Waals surface area contributed by atoms with E-state index in [9.17, 15) is 21.6 Å². The second-order valence-electron chi connectivity index (χ2n) is 10.8. The molecular formula is C26H30N8O5S2. The fourth-order valence-corrected chi connectivity index (χ4v) is 7.86. The van der Waals surface area contributed by atoms with Gasteiger partial charge in [-0.3, -0.25) is 4.79 Å². The van der Waals surface area contributed by atoms with Gasteiger partial charge in [0.1, 0.15) is 21.5 Å². The van der Waals surface area contributed by atoms with Crippen LogP contribution in [-0.4, -0.2) is 74.2 Å². The van der Waals surface area contributed by atoms with Gasteiger partial charge in [0, 0.05) is 42.1 Å². The summed E-state index contributed by atoms with van der Waals surface area (Å²) in [4.78, 5) is 26.5. The van der Waals surface area contributed by atoms with Crippen LogP contribution in [0.25, 0.3) is 22.3 Å². The van der Waals surface area contributed by atoms with Crippen molar-refractivity contribution in [3.63, 3.8) is 0 Å². The summed E-state index contributed by atoms with van der Waals surface area (Å²) < 4.78 is 51.5. The molecule has 5 heterocycles. The summed E-state index contributed by atoms with van der Waals surface area (Å²) in [6.45, 7) is 4.03. The first-order chi connectivity index (χ1) is 19.5. The van der Waals surface area contributed by atoms with E-state index in [-0.39, 0.29) is 34.7 Å². The van der Waals surface area contributed by atoms with E-state index in [1.54, 1.807) is 24.7 Å². The predicted molar refractivity (Wildman–Crippen MR) is 153 cm³/mol. The molecule has 4 aromatic heterocycles. The van der Waals surface area contributed by atoms with E-state index >= 15 is 0 Å². The van der Waals surface area contributed by atoms with E-state index in [0.29, 0.717) is 59.7 Å². The Bertz CT molecular complexity index is 1850. The van der Waals surface area contributed by atoms with Crippen molar-refractivity contribution in [3.05, 3.63) is 48.7 Å². The minimum atomic E-state index is -3.49. The van der Waals surface area contributed by atoms with Crippen molar-refractivity contribution in [2.24, 2.45) is 0 Å². The van der Waals surface area contributed by atoms with Crippen LogP contribution in [0.3, 0.4) is 0 Å². The number of carbonyl (C=O) groups excluding carboxylic acids is 1. The lowest BCUT2D eigenvalue weighted by molar-refractivity contribution is 0.0935. The summed E-state index contributed by atoms with van der Waals surface area (Å²) >= 11 is 0. The lowest BCUT2D eigenvalue weighted by atomic mass is 10.1. The summed E-state index contributed by atoms with van der Waals surface area (Å²) in [6, 6.07) is 3.38. The number of hydrogen-bond acceptors (Lipinski definition) is 10. The Morgan fingerprint density at radius 3 is 2.51 bits per heavy atom. The molecule has 4 aromatic rings. The van der Waals surface area contributed by atoms with Gasteiger partial charge >= 0.3 is 0 Å². The Labute approximate surface area is 237 Å². The third-order valence-electron chi connectivity index (χ3n) is 7.35. The van der Waals surface area contributed by atoms with Crippen LogP contribution in [0.5, 0.6) is 0 Å². The van der Waals surface area contributed by atoms with Crippen molar-refractivity contribution in [3.8, 4) is 11.4 Å². The molecule has 2 N–H and O–H groups in total. The van der Waals surface area contributed by atoms with E-state index in [4.69, 9.17) is 0 Å². The molecule has 0 bridgehead atoms. The molecule has 2 aliphatic rings. The van der Waals surface area contributed by atoms with Crippen molar-refractivity contribution >= 4 is 48.3 Å². The molecule has 1 aliphatic heterocycles. The summed E-state index contributed by atoms with van der Waals surface area (Å²) in [5.74, 6) is 1.16. The van der Waals surface area contributed by atoms with Crippen LogP contribution in [0.15, 0.2) is 43.1 Å². The molecule has 6 rings (SSSR count). The molecule has 0 unspecified atom stereocenters. The Balaban J connectivity index is 1.23. The number of hydrogen-bond donors (Lipinski definition) is 2. The Morgan fingerprint density at radius 2 is 1.80 bits per heavy atom. The lowest BCUT2D eigenvalue weighted by Gasteiger charge is -2.22. The van der Waals surface area contributed by atoms with Crippen molar-refractivity contribution in [1.29, 1.82) is 0 Å². The summed E-state index contributed by atoms with van der Waals surface area (Å²) in [7, 11) is -6.51. The van der Waals surface area contributed by atoms with E-state index in [2.05, 4.69) is 30.7 Å². The third-order valence-corrected chi connectivity index (χ3v) is 11.1. The molecule has 1 aliphatic carbocycles. The highest BCUT2D eigenvalue weighted by Gasteiger charge is 2.37.